The molecule has 0 atom stereocenters. The molecule has 2 rings (SSSR count). The number of nitrogens with two attached hydrogens (primary N) is 1. The molecule has 0 fully saturated rings. The molecule has 5 N–H and O–H groups in total. The standard InChI is InChI=1S/C18H30N6O4/c1-18(2,3)28-17(25)22(12-6-10-19)13-7-11-20-16-21-24(27)15-9-5-4-8-14(15)23(16)26/h4-5,8-9,26-27H,6-7,10-13,19H2,1-3H3,(H,20,21). The fourth-order valence-electron chi connectivity index (χ4n) is 2.59. The number of para-hydroxylation sites is 2. The third-order valence-corrected chi connectivity index (χ3v) is 3.88. The van der Waals surface area contributed by atoms with E-state index in [0.717, 1.165) is 10.2 Å². The first-order valence-electron chi connectivity index (χ1n) is 9.29. The summed E-state index contributed by atoms with van der Waals surface area (Å²) in [5.74, 6) is 0.0898. The van der Waals surface area contributed by atoms with Crippen LogP contribution in [0.15, 0.2) is 29.3 Å². The molecule has 0 spiro atoms. The molecule has 1 aromatic rings. The molecule has 0 radical (unpaired) electrons. The molecule has 0 bridgehead atoms. The molecule has 1 aliphatic heterocycles. The Morgan fingerprint density at radius 1 is 1.21 bits per heavy atom. The first-order valence-corrected chi connectivity index (χ1v) is 9.29. The van der Waals surface area contributed by atoms with Gasteiger partial charge >= 0.3 is 6.09 Å². The zero-order chi connectivity index (χ0) is 20.7. The van der Waals surface area contributed by atoms with Crippen LogP contribution in [0.1, 0.15) is 33.6 Å². The molecular formula is C18H30N6O4. The Morgan fingerprint density at radius 2 is 1.86 bits per heavy atom. The number of ether oxygens (including phenoxy) is 1. The van der Waals surface area contributed by atoms with Gasteiger partial charge < -0.3 is 15.4 Å². The lowest BCUT2D eigenvalue weighted by Crippen LogP contribution is -2.52. The lowest BCUT2D eigenvalue weighted by molar-refractivity contribution is 0.0248. The smallest absolute Gasteiger partial charge is 0.410 e. The molecule has 0 aromatic heterocycles. The number of nitrogens with zero attached hydrogens (tertiary/aromatic N) is 4. The molecular weight excluding hydrogens is 364 g/mol. The predicted molar refractivity (Wildman–Crippen MR) is 107 cm³/mol. The summed E-state index contributed by atoms with van der Waals surface area (Å²) in [4.78, 5) is 18.2. The molecule has 156 valence electrons. The van der Waals surface area contributed by atoms with E-state index < -0.39 is 5.60 Å². The molecule has 0 saturated carbocycles. The number of hydrazine groups is 1. The van der Waals surface area contributed by atoms with Crippen LogP contribution in [0.3, 0.4) is 0 Å². The van der Waals surface area contributed by atoms with Gasteiger partial charge in [0.25, 0.3) is 0 Å². The number of hydrogen-bond donors (Lipinski definition) is 4. The van der Waals surface area contributed by atoms with Crippen molar-refractivity contribution in [2.45, 2.75) is 39.2 Å². The summed E-state index contributed by atoms with van der Waals surface area (Å²) >= 11 is 0. The quantitative estimate of drug-likeness (QED) is 0.517. The Labute approximate surface area is 165 Å². The Kier molecular flexibility index (Phi) is 7.44. The van der Waals surface area contributed by atoms with E-state index in [1.165, 1.54) is 0 Å². The molecule has 28 heavy (non-hydrogen) atoms. The molecule has 1 aliphatic rings. The number of carbonyl (C=O) groups is 1. The summed E-state index contributed by atoms with van der Waals surface area (Å²) in [5, 5.41) is 22.0. The number of benzene rings is 1. The third kappa shape index (κ3) is 5.98. The topological polar surface area (TPSA) is 127 Å². The van der Waals surface area contributed by atoms with Crippen molar-refractivity contribution >= 4 is 23.4 Å². The van der Waals surface area contributed by atoms with Crippen molar-refractivity contribution in [1.29, 1.82) is 0 Å². The zero-order valence-corrected chi connectivity index (χ0v) is 16.6. The van der Waals surface area contributed by atoms with Crippen LogP contribution in [0.4, 0.5) is 16.2 Å². The fourth-order valence-corrected chi connectivity index (χ4v) is 2.59. The van der Waals surface area contributed by atoms with Crippen LogP contribution < -0.4 is 21.4 Å². The highest BCUT2D eigenvalue weighted by atomic mass is 16.6. The van der Waals surface area contributed by atoms with Crippen LogP contribution in [0.2, 0.25) is 0 Å². The highest BCUT2D eigenvalue weighted by molar-refractivity contribution is 6.00. The molecule has 1 amide bonds. The van der Waals surface area contributed by atoms with Crippen molar-refractivity contribution in [2.24, 2.45) is 10.7 Å². The number of carbonyl (C=O) groups excluding carboxylic acids is 1. The summed E-state index contributed by atoms with van der Waals surface area (Å²) in [6.07, 6.45) is 0.843. The summed E-state index contributed by atoms with van der Waals surface area (Å²) in [6.45, 7) is 7.22. The van der Waals surface area contributed by atoms with Gasteiger partial charge in [0, 0.05) is 19.6 Å². The Hall–Kier alpha value is -2.56. The van der Waals surface area contributed by atoms with Crippen molar-refractivity contribution < 1.29 is 19.9 Å². The highest BCUT2D eigenvalue weighted by Gasteiger charge is 2.25. The van der Waals surface area contributed by atoms with Gasteiger partial charge in [-0.2, -0.15) is 10.2 Å². The average molecular weight is 394 g/mol. The van der Waals surface area contributed by atoms with Crippen molar-refractivity contribution in [1.82, 2.24) is 10.3 Å². The van der Waals surface area contributed by atoms with Gasteiger partial charge in [-0.25, -0.2) is 15.2 Å². The van der Waals surface area contributed by atoms with Gasteiger partial charge in [0.15, 0.2) is 0 Å². The van der Waals surface area contributed by atoms with Gasteiger partial charge in [-0.1, -0.05) is 12.1 Å². The molecule has 10 nitrogen and oxygen atoms in total. The molecule has 0 saturated heterocycles. The van der Waals surface area contributed by atoms with Crippen LogP contribution >= 0.6 is 0 Å². The van der Waals surface area contributed by atoms with E-state index in [1.807, 2.05) is 20.8 Å². The van der Waals surface area contributed by atoms with Gasteiger partial charge in [0.2, 0.25) is 5.96 Å². The van der Waals surface area contributed by atoms with Crippen molar-refractivity contribution in [2.75, 3.05) is 36.4 Å². The van der Waals surface area contributed by atoms with Crippen LogP contribution in [-0.2, 0) is 4.74 Å². The molecule has 1 aromatic carbocycles. The van der Waals surface area contributed by atoms with Gasteiger partial charge in [0.05, 0.1) is 0 Å². The minimum Gasteiger partial charge on any atom is -0.444 e. The fraction of sp³-hybridized carbons (Fsp3) is 0.556. The van der Waals surface area contributed by atoms with Gasteiger partial charge in [-0.05, 0) is 52.3 Å². The lowest BCUT2D eigenvalue weighted by atomic mass is 10.2. The SMILES string of the molecule is CC(C)(C)OC(=O)N(CCCN)CCCN=C1NN(O)c2ccccc2N1O. The Morgan fingerprint density at radius 3 is 2.50 bits per heavy atom. The number of guanidine groups is 1. The Bertz CT molecular complexity index is 691. The van der Waals surface area contributed by atoms with E-state index in [9.17, 15) is 15.2 Å². The lowest BCUT2D eigenvalue weighted by Gasteiger charge is -2.32. The maximum absolute atomic E-state index is 12.3. The number of hydroxylamine groups is 1. The van der Waals surface area contributed by atoms with Crippen molar-refractivity contribution in [3.05, 3.63) is 24.3 Å². The number of anilines is 2. The summed E-state index contributed by atoms with van der Waals surface area (Å²) in [5.41, 5.74) is 8.38. The number of hydrogen-bond acceptors (Lipinski definition) is 7. The third-order valence-electron chi connectivity index (χ3n) is 3.88. The first kappa shape index (κ1) is 21.7. The van der Waals surface area contributed by atoms with Crippen molar-refractivity contribution in [3.8, 4) is 0 Å². The van der Waals surface area contributed by atoms with Crippen LogP contribution in [0.25, 0.3) is 0 Å². The minimum atomic E-state index is -0.570. The zero-order valence-electron chi connectivity index (χ0n) is 16.6. The number of fused-ring (bicyclic) bond motifs is 1. The average Bonchev–Trinajstić information content (AvgIpc) is 2.63. The van der Waals surface area contributed by atoms with E-state index in [1.54, 1.807) is 29.2 Å². The van der Waals surface area contributed by atoms with E-state index in [2.05, 4.69) is 10.4 Å². The Balaban J connectivity index is 1.94. The second kappa shape index (κ2) is 9.58. The monoisotopic (exact) mass is 394 g/mol. The highest BCUT2D eigenvalue weighted by Crippen LogP contribution is 2.29. The molecule has 1 heterocycles. The second-order valence-corrected chi connectivity index (χ2v) is 7.39. The number of amides is 1. The first-order chi connectivity index (χ1) is 13.2. The second-order valence-electron chi connectivity index (χ2n) is 7.39. The molecule has 0 unspecified atom stereocenters. The summed E-state index contributed by atoms with van der Waals surface area (Å²) in [6, 6.07) is 6.80. The number of aliphatic imine (C=N–C) groups is 1. The van der Waals surface area contributed by atoms with Crippen molar-refractivity contribution in [3.63, 3.8) is 0 Å². The number of nitrogens with one attached hydrogen (secondary N) is 1. The van der Waals surface area contributed by atoms with Gasteiger partial charge in [-0.3, -0.25) is 10.4 Å². The largest absolute Gasteiger partial charge is 0.444 e. The minimum absolute atomic E-state index is 0.0898. The van der Waals surface area contributed by atoms with Gasteiger partial charge in [0.1, 0.15) is 17.0 Å². The van der Waals surface area contributed by atoms with Crippen LogP contribution in [-0.4, -0.2) is 59.1 Å². The van der Waals surface area contributed by atoms with E-state index in [0.29, 0.717) is 50.4 Å². The molecule has 0 aliphatic carbocycles. The van der Waals surface area contributed by atoms with E-state index >= 15 is 0 Å². The normalized spacial score (nSPS) is 15.3. The summed E-state index contributed by atoms with van der Waals surface area (Å²) in [7, 11) is 0. The maximum Gasteiger partial charge on any atom is 0.410 e. The van der Waals surface area contributed by atoms with Crippen LogP contribution in [0.5, 0.6) is 0 Å². The maximum atomic E-state index is 12.3. The number of rotatable bonds is 7. The van der Waals surface area contributed by atoms with E-state index in [-0.39, 0.29) is 12.1 Å². The van der Waals surface area contributed by atoms with E-state index in [4.69, 9.17) is 10.5 Å². The summed E-state index contributed by atoms with van der Waals surface area (Å²) < 4.78 is 5.42. The predicted octanol–water partition coefficient (Wildman–Crippen LogP) is 1.93. The molecule has 10 heteroatoms. The van der Waals surface area contributed by atoms with Crippen LogP contribution in [0, 0.1) is 0 Å². The van der Waals surface area contributed by atoms with Gasteiger partial charge in [-0.15, -0.1) is 0 Å².